The quantitative estimate of drug-likeness (QED) is 0.616. The molecule has 0 unspecified atom stereocenters. The molecule has 8 nitrogen and oxygen atoms in total. The first-order chi connectivity index (χ1) is 12.8. The van der Waals surface area contributed by atoms with Gasteiger partial charge in [-0.25, -0.2) is 0 Å². The summed E-state index contributed by atoms with van der Waals surface area (Å²) < 4.78 is 4.78. The Morgan fingerprint density at radius 1 is 0.926 bits per heavy atom. The van der Waals surface area contributed by atoms with Gasteiger partial charge < -0.3 is 21.1 Å². The van der Waals surface area contributed by atoms with Gasteiger partial charge in [-0.2, -0.15) is 0 Å². The highest BCUT2D eigenvalue weighted by Gasteiger charge is 2.11. The standard InChI is InChI=1S/C18H16ClN3O5/c19-13-5-1-12(2-6-13)18(26)21-9-16(24)27-10-15(23)22-14-7-3-11(4-8-14)17(20)25/h1-8H,9-10H2,(H2,20,25)(H,21,26)(H,22,23). The number of nitrogens with two attached hydrogens (primary N) is 1. The van der Waals surface area contributed by atoms with E-state index in [4.69, 9.17) is 22.1 Å². The monoisotopic (exact) mass is 389 g/mol. The molecule has 0 fully saturated rings. The van der Waals surface area contributed by atoms with Crippen LogP contribution in [0.5, 0.6) is 0 Å². The Morgan fingerprint density at radius 3 is 2.11 bits per heavy atom. The first-order valence-corrected chi connectivity index (χ1v) is 8.12. The predicted octanol–water partition coefficient (Wildman–Crippen LogP) is 1.35. The van der Waals surface area contributed by atoms with Crippen LogP contribution in [-0.4, -0.2) is 36.8 Å². The molecule has 0 aliphatic rings. The third-order valence-electron chi connectivity index (χ3n) is 3.32. The van der Waals surface area contributed by atoms with Crippen LogP contribution in [0.4, 0.5) is 5.69 Å². The Balaban J connectivity index is 1.72. The highest BCUT2D eigenvalue weighted by atomic mass is 35.5. The Labute approximate surface area is 159 Å². The van der Waals surface area contributed by atoms with E-state index in [9.17, 15) is 19.2 Å². The molecule has 27 heavy (non-hydrogen) atoms. The van der Waals surface area contributed by atoms with Crippen LogP contribution in [0.1, 0.15) is 20.7 Å². The van der Waals surface area contributed by atoms with Crippen LogP contribution in [0, 0.1) is 0 Å². The number of esters is 1. The van der Waals surface area contributed by atoms with Crippen molar-refractivity contribution < 1.29 is 23.9 Å². The Hall–Kier alpha value is -3.39. The molecule has 0 aliphatic carbocycles. The van der Waals surface area contributed by atoms with Crippen molar-refractivity contribution in [2.24, 2.45) is 5.73 Å². The number of hydrogen-bond acceptors (Lipinski definition) is 5. The number of anilines is 1. The average Bonchev–Trinajstić information content (AvgIpc) is 2.65. The lowest BCUT2D eigenvalue weighted by atomic mass is 10.2. The molecule has 0 saturated carbocycles. The van der Waals surface area contributed by atoms with Crippen molar-refractivity contribution in [1.82, 2.24) is 5.32 Å². The molecule has 0 radical (unpaired) electrons. The molecular formula is C18H16ClN3O5. The summed E-state index contributed by atoms with van der Waals surface area (Å²) in [5, 5.41) is 5.35. The van der Waals surface area contributed by atoms with E-state index in [0.29, 0.717) is 21.8 Å². The molecule has 140 valence electrons. The zero-order valence-corrected chi connectivity index (χ0v) is 14.8. The summed E-state index contributed by atoms with van der Waals surface area (Å²) in [5.41, 5.74) is 6.17. The Morgan fingerprint density at radius 2 is 1.52 bits per heavy atom. The average molecular weight is 390 g/mol. The minimum Gasteiger partial charge on any atom is -0.454 e. The molecule has 0 heterocycles. The first-order valence-electron chi connectivity index (χ1n) is 7.74. The zero-order chi connectivity index (χ0) is 19.8. The van der Waals surface area contributed by atoms with E-state index in [0.717, 1.165) is 0 Å². The van der Waals surface area contributed by atoms with Crippen LogP contribution in [0.15, 0.2) is 48.5 Å². The molecule has 2 aromatic rings. The van der Waals surface area contributed by atoms with E-state index in [-0.39, 0.29) is 6.54 Å². The van der Waals surface area contributed by atoms with E-state index in [1.165, 1.54) is 36.4 Å². The first kappa shape index (κ1) is 19.9. The Bertz CT molecular complexity index is 850. The minimum atomic E-state index is -0.767. The number of primary amides is 1. The molecule has 9 heteroatoms. The number of hydrogen-bond donors (Lipinski definition) is 3. The van der Waals surface area contributed by atoms with Gasteiger partial charge in [0.1, 0.15) is 6.54 Å². The number of halogens is 1. The molecule has 0 aromatic heterocycles. The van der Waals surface area contributed by atoms with E-state index < -0.39 is 30.3 Å². The second kappa shape index (κ2) is 9.35. The SMILES string of the molecule is NC(=O)c1ccc(NC(=O)COC(=O)CNC(=O)c2ccc(Cl)cc2)cc1. The van der Waals surface area contributed by atoms with Crippen LogP contribution in [0.25, 0.3) is 0 Å². The van der Waals surface area contributed by atoms with Crippen molar-refractivity contribution in [3.05, 3.63) is 64.7 Å². The highest BCUT2D eigenvalue weighted by Crippen LogP contribution is 2.10. The van der Waals surface area contributed by atoms with E-state index in [1.807, 2.05) is 0 Å². The van der Waals surface area contributed by atoms with Gasteiger partial charge in [0.05, 0.1) is 0 Å². The maximum Gasteiger partial charge on any atom is 0.325 e. The molecule has 2 aromatic carbocycles. The number of rotatable bonds is 7. The van der Waals surface area contributed by atoms with E-state index >= 15 is 0 Å². The van der Waals surface area contributed by atoms with Crippen molar-refractivity contribution in [2.45, 2.75) is 0 Å². The second-order valence-electron chi connectivity index (χ2n) is 5.34. The van der Waals surface area contributed by atoms with Crippen LogP contribution in [0.2, 0.25) is 5.02 Å². The topological polar surface area (TPSA) is 128 Å². The molecule has 0 bridgehead atoms. The number of ether oxygens (including phenoxy) is 1. The lowest BCUT2D eigenvalue weighted by Gasteiger charge is -2.08. The van der Waals surface area contributed by atoms with E-state index in [1.54, 1.807) is 12.1 Å². The molecule has 3 amide bonds. The molecule has 0 spiro atoms. The van der Waals surface area contributed by atoms with Crippen molar-refractivity contribution >= 4 is 41.0 Å². The number of amides is 3. The number of carbonyl (C=O) groups is 4. The summed E-state index contributed by atoms with van der Waals surface area (Å²) >= 11 is 5.73. The second-order valence-corrected chi connectivity index (χ2v) is 5.78. The highest BCUT2D eigenvalue weighted by molar-refractivity contribution is 6.30. The fourth-order valence-electron chi connectivity index (χ4n) is 1.97. The Kier molecular flexibility index (Phi) is 6.90. The normalized spacial score (nSPS) is 9.96. The van der Waals surface area contributed by atoms with Crippen molar-refractivity contribution in [2.75, 3.05) is 18.5 Å². The van der Waals surface area contributed by atoms with E-state index in [2.05, 4.69) is 10.6 Å². The lowest BCUT2D eigenvalue weighted by Crippen LogP contribution is -2.32. The van der Waals surface area contributed by atoms with Crippen molar-refractivity contribution in [3.63, 3.8) is 0 Å². The summed E-state index contributed by atoms with van der Waals surface area (Å²) in [5.74, 6) is -2.39. The maximum atomic E-state index is 11.8. The minimum absolute atomic E-state index is 0.302. The smallest absolute Gasteiger partial charge is 0.325 e. The van der Waals surface area contributed by atoms with Gasteiger partial charge in [-0.05, 0) is 48.5 Å². The molecule has 4 N–H and O–H groups in total. The molecular weight excluding hydrogens is 374 g/mol. The molecule has 0 atom stereocenters. The third-order valence-corrected chi connectivity index (χ3v) is 3.57. The van der Waals surface area contributed by atoms with Gasteiger partial charge in [0.15, 0.2) is 6.61 Å². The molecule has 0 aliphatic heterocycles. The van der Waals surface area contributed by atoms with Crippen LogP contribution in [0.3, 0.4) is 0 Å². The van der Waals surface area contributed by atoms with Crippen molar-refractivity contribution in [1.29, 1.82) is 0 Å². The number of carbonyl (C=O) groups excluding carboxylic acids is 4. The van der Waals surface area contributed by atoms with Crippen LogP contribution < -0.4 is 16.4 Å². The van der Waals surface area contributed by atoms with Gasteiger partial charge in [-0.3, -0.25) is 19.2 Å². The van der Waals surface area contributed by atoms with Gasteiger partial charge in [0.2, 0.25) is 5.91 Å². The summed E-state index contributed by atoms with van der Waals surface area (Å²) in [6.07, 6.45) is 0. The van der Waals surface area contributed by atoms with Gasteiger partial charge in [-0.15, -0.1) is 0 Å². The fraction of sp³-hybridized carbons (Fsp3) is 0.111. The summed E-state index contributed by atoms with van der Waals surface area (Å²) in [7, 11) is 0. The number of nitrogens with one attached hydrogen (secondary N) is 2. The van der Waals surface area contributed by atoms with Crippen LogP contribution in [-0.2, 0) is 14.3 Å². The van der Waals surface area contributed by atoms with Gasteiger partial charge in [0, 0.05) is 21.8 Å². The lowest BCUT2D eigenvalue weighted by molar-refractivity contribution is -0.146. The van der Waals surface area contributed by atoms with Gasteiger partial charge >= 0.3 is 5.97 Å². The zero-order valence-electron chi connectivity index (χ0n) is 14.0. The van der Waals surface area contributed by atoms with Crippen LogP contribution >= 0.6 is 11.6 Å². The predicted molar refractivity (Wildman–Crippen MR) is 98.3 cm³/mol. The number of benzene rings is 2. The fourth-order valence-corrected chi connectivity index (χ4v) is 2.09. The maximum absolute atomic E-state index is 11.8. The largest absolute Gasteiger partial charge is 0.454 e. The van der Waals surface area contributed by atoms with Crippen molar-refractivity contribution in [3.8, 4) is 0 Å². The third kappa shape index (κ3) is 6.44. The van der Waals surface area contributed by atoms with Gasteiger partial charge in [-0.1, -0.05) is 11.6 Å². The summed E-state index contributed by atoms with van der Waals surface area (Å²) in [4.78, 5) is 46.2. The molecule has 0 saturated heterocycles. The summed E-state index contributed by atoms with van der Waals surface area (Å²) in [6, 6.07) is 12.0. The van der Waals surface area contributed by atoms with Gasteiger partial charge in [0.25, 0.3) is 11.8 Å². The molecule has 2 rings (SSSR count). The summed E-state index contributed by atoms with van der Waals surface area (Å²) in [6.45, 7) is -0.907.